The molecule has 5 heteroatoms. The van der Waals surface area contributed by atoms with Crippen LogP contribution >= 0.6 is 11.8 Å². The minimum atomic E-state index is -0.0641. The van der Waals surface area contributed by atoms with Gasteiger partial charge in [-0.2, -0.15) is 0 Å². The van der Waals surface area contributed by atoms with Gasteiger partial charge in [-0.05, 0) is 25.0 Å². The Labute approximate surface area is 130 Å². The molecular formula is C16H22N2O2S. The lowest BCUT2D eigenvalue weighted by atomic mass is 10.1. The highest BCUT2D eigenvalue weighted by molar-refractivity contribution is 8.00. The van der Waals surface area contributed by atoms with Crippen molar-refractivity contribution in [1.82, 2.24) is 10.2 Å². The molecule has 4 nitrogen and oxygen atoms in total. The fourth-order valence-corrected chi connectivity index (χ4v) is 3.23. The van der Waals surface area contributed by atoms with Crippen LogP contribution in [0.3, 0.4) is 0 Å². The largest absolute Gasteiger partial charge is 0.353 e. The number of carbonyl (C=O) groups is 2. The highest BCUT2D eigenvalue weighted by Gasteiger charge is 2.20. The molecule has 114 valence electrons. The van der Waals surface area contributed by atoms with Crippen molar-refractivity contribution in [3.63, 3.8) is 0 Å². The average Bonchev–Trinajstić information content (AvgIpc) is 2.49. The molecule has 1 fully saturated rings. The van der Waals surface area contributed by atoms with Crippen molar-refractivity contribution < 1.29 is 9.59 Å². The molecule has 0 aliphatic carbocycles. The third kappa shape index (κ3) is 5.42. The summed E-state index contributed by atoms with van der Waals surface area (Å²) in [4.78, 5) is 26.4. The smallest absolute Gasteiger partial charge is 0.239 e. The molecule has 0 aromatic heterocycles. The summed E-state index contributed by atoms with van der Waals surface area (Å²) in [5.74, 6) is 0.0360. The van der Waals surface area contributed by atoms with Crippen molar-refractivity contribution in [2.75, 3.05) is 19.6 Å². The normalized spacial score (nSPS) is 16.6. The van der Waals surface area contributed by atoms with Crippen molar-refractivity contribution in [2.24, 2.45) is 0 Å². The van der Waals surface area contributed by atoms with Gasteiger partial charge in [0.1, 0.15) is 0 Å². The van der Waals surface area contributed by atoms with Crippen molar-refractivity contribution in [3.8, 4) is 0 Å². The third-order valence-corrected chi connectivity index (χ3v) is 4.54. The number of piperidine rings is 1. The summed E-state index contributed by atoms with van der Waals surface area (Å²) in [5.41, 5.74) is 0. The lowest BCUT2D eigenvalue weighted by molar-refractivity contribution is -0.137. The van der Waals surface area contributed by atoms with Crippen LogP contribution in [0.5, 0.6) is 0 Å². The molecule has 0 unspecified atom stereocenters. The van der Waals surface area contributed by atoms with Gasteiger partial charge in [-0.1, -0.05) is 25.1 Å². The number of carbonyl (C=O) groups excluding carboxylic acids is 2. The fourth-order valence-electron chi connectivity index (χ4n) is 2.29. The molecule has 1 aliphatic heterocycles. The standard InChI is InChI=1S/C16H22N2O2S/c1-13(21-14-7-3-2-4-8-14)11-17-15(19)12-18-10-6-5-9-16(18)20/h2-4,7-8,13H,5-6,9-12H2,1H3,(H,17,19)/t13-/m0/s1. The summed E-state index contributed by atoms with van der Waals surface area (Å²) in [6, 6.07) is 10.1. The Balaban J connectivity index is 1.69. The molecule has 0 spiro atoms. The van der Waals surface area contributed by atoms with E-state index in [1.165, 1.54) is 4.90 Å². The number of likely N-dealkylation sites (tertiary alicyclic amines) is 1. The van der Waals surface area contributed by atoms with Gasteiger partial charge in [0, 0.05) is 29.7 Å². The first-order chi connectivity index (χ1) is 10.1. The Bertz CT molecular complexity index is 478. The van der Waals surface area contributed by atoms with Crippen LogP contribution in [0.2, 0.25) is 0 Å². The molecule has 0 bridgehead atoms. The first-order valence-corrected chi connectivity index (χ1v) is 8.29. The second-order valence-electron chi connectivity index (χ2n) is 5.32. The van der Waals surface area contributed by atoms with E-state index in [1.807, 2.05) is 18.2 Å². The van der Waals surface area contributed by atoms with Gasteiger partial charge in [0.05, 0.1) is 6.54 Å². The lowest BCUT2D eigenvalue weighted by Gasteiger charge is -2.26. The number of amides is 2. The van der Waals surface area contributed by atoms with Crippen LogP contribution in [0.4, 0.5) is 0 Å². The molecule has 1 N–H and O–H groups in total. The van der Waals surface area contributed by atoms with E-state index in [1.54, 1.807) is 16.7 Å². The number of rotatable bonds is 6. The quantitative estimate of drug-likeness (QED) is 0.821. The Morgan fingerprint density at radius 1 is 1.33 bits per heavy atom. The number of nitrogens with one attached hydrogen (secondary N) is 1. The zero-order chi connectivity index (χ0) is 15.1. The first kappa shape index (κ1) is 15.9. The molecular weight excluding hydrogens is 284 g/mol. The second-order valence-corrected chi connectivity index (χ2v) is 6.83. The first-order valence-electron chi connectivity index (χ1n) is 7.41. The van der Waals surface area contributed by atoms with Crippen molar-refractivity contribution in [2.45, 2.75) is 36.3 Å². The van der Waals surface area contributed by atoms with Crippen molar-refractivity contribution in [3.05, 3.63) is 30.3 Å². The van der Waals surface area contributed by atoms with E-state index in [2.05, 4.69) is 24.4 Å². The van der Waals surface area contributed by atoms with Crippen LogP contribution in [0.1, 0.15) is 26.2 Å². The summed E-state index contributed by atoms with van der Waals surface area (Å²) in [5, 5.41) is 3.22. The van der Waals surface area contributed by atoms with Gasteiger partial charge in [0.25, 0.3) is 0 Å². The van der Waals surface area contributed by atoms with Gasteiger partial charge >= 0.3 is 0 Å². The number of nitrogens with zero attached hydrogens (tertiary/aromatic N) is 1. The predicted molar refractivity (Wildman–Crippen MR) is 85.2 cm³/mol. The van der Waals surface area contributed by atoms with E-state index in [-0.39, 0.29) is 18.4 Å². The molecule has 1 saturated heterocycles. The number of hydrogen-bond donors (Lipinski definition) is 1. The molecule has 0 radical (unpaired) electrons. The number of thioether (sulfide) groups is 1. The molecule has 21 heavy (non-hydrogen) atoms. The van der Waals surface area contributed by atoms with E-state index in [0.29, 0.717) is 24.8 Å². The van der Waals surface area contributed by atoms with Crippen molar-refractivity contribution >= 4 is 23.6 Å². The van der Waals surface area contributed by atoms with Gasteiger partial charge in [-0.3, -0.25) is 9.59 Å². The maximum absolute atomic E-state index is 11.9. The topological polar surface area (TPSA) is 49.4 Å². The molecule has 1 heterocycles. The van der Waals surface area contributed by atoms with Crippen LogP contribution < -0.4 is 5.32 Å². The van der Waals surface area contributed by atoms with Gasteiger partial charge < -0.3 is 10.2 Å². The average molecular weight is 306 g/mol. The SMILES string of the molecule is C[C@@H](CNC(=O)CN1CCCCC1=O)Sc1ccccc1. The van der Waals surface area contributed by atoms with Crippen LogP contribution in [0, 0.1) is 0 Å². The molecule has 2 amide bonds. The Morgan fingerprint density at radius 3 is 2.81 bits per heavy atom. The van der Waals surface area contributed by atoms with Crippen molar-refractivity contribution in [1.29, 1.82) is 0 Å². The minimum absolute atomic E-state index is 0.0641. The zero-order valence-electron chi connectivity index (χ0n) is 12.4. The lowest BCUT2D eigenvalue weighted by Crippen LogP contribution is -2.44. The van der Waals surface area contributed by atoms with E-state index in [4.69, 9.17) is 0 Å². The summed E-state index contributed by atoms with van der Waals surface area (Å²) in [7, 11) is 0. The van der Waals surface area contributed by atoms with Crippen LogP contribution in [-0.4, -0.2) is 41.6 Å². The van der Waals surface area contributed by atoms with Gasteiger partial charge in [-0.15, -0.1) is 11.8 Å². The van der Waals surface area contributed by atoms with Gasteiger partial charge in [0.15, 0.2) is 0 Å². The Hall–Kier alpha value is -1.49. The maximum atomic E-state index is 11.9. The highest BCUT2D eigenvalue weighted by Crippen LogP contribution is 2.21. The van der Waals surface area contributed by atoms with E-state index < -0.39 is 0 Å². The van der Waals surface area contributed by atoms with Crippen LogP contribution in [0.25, 0.3) is 0 Å². The van der Waals surface area contributed by atoms with E-state index in [9.17, 15) is 9.59 Å². The molecule has 1 aromatic rings. The third-order valence-electron chi connectivity index (χ3n) is 3.42. The highest BCUT2D eigenvalue weighted by atomic mass is 32.2. The summed E-state index contributed by atoms with van der Waals surface area (Å²) >= 11 is 1.74. The summed E-state index contributed by atoms with van der Waals surface area (Å²) in [6.07, 6.45) is 2.52. The van der Waals surface area contributed by atoms with Crippen LogP contribution in [0.15, 0.2) is 35.2 Å². The van der Waals surface area contributed by atoms with Gasteiger partial charge in [0.2, 0.25) is 11.8 Å². The van der Waals surface area contributed by atoms with Gasteiger partial charge in [-0.25, -0.2) is 0 Å². The van der Waals surface area contributed by atoms with E-state index >= 15 is 0 Å². The molecule has 1 atom stereocenters. The molecule has 2 rings (SSSR count). The minimum Gasteiger partial charge on any atom is -0.353 e. The summed E-state index contributed by atoms with van der Waals surface area (Å²) in [6.45, 7) is 3.60. The molecule has 1 aromatic carbocycles. The number of hydrogen-bond acceptors (Lipinski definition) is 3. The summed E-state index contributed by atoms with van der Waals surface area (Å²) < 4.78 is 0. The fraction of sp³-hybridized carbons (Fsp3) is 0.500. The maximum Gasteiger partial charge on any atom is 0.239 e. The van der Waals surface area contributed by atoms with Crippen LogP contribution in [-0.2, 0) is 9.59 Å². The Kier molecular flexibility index (Phi) is 6.11. The predicted octanol–water partition coefficient (Wildman–Crippen LogP) is 2.30. The molecule has 1 aliphatic rings. The monoisotopic (exact) mass is 306 g/mol. The van der Waals surface area contributed by atoms with E-state index in [0.717, 1.165) is 12.8 Å². The molecule has 0 saturated carbocycles. The Morgan fingerprint density at radius 2 is 2.10 bits per heavy atom. The number of benzene rings is 1. The second kappa shape index (κ2) is 8.08. The zero-order valence-corrected chi connectivity index (χ0v) is 13.2.